The summed E-state index contributed by atoms with van der Waals surface area (Å²) in [6.45, 7) is 6.46. The highest BCUT2D eigenvalue weighted by Crippen LogP contribution is 2.42. The Morgan fingerprint density at radius 2 is 2.18 bits per heavy atom. The highest BCUT2D eigenvalue weighted by molar-refractivity contribution is 7.19. The number of nitrogens with zero attached hydrogens (tertiary/aromatic N) is 3. The first-order valence-electron chi connectivity index (χ1n) is 11.1. The smallest absolute Gasteiger partial charge is 0.226 e. The molecule has 1 aliphatic carbocycles. The number of aromatic nitrogens is 2. The third-order valence-electron chi connectivity index (χ3n) is 6.40. The van der Waals surface area contributed by atoms with Crippen LogP contribution in [0.4, 0.5) is 17.2 Å². The quantitative estimate of drug-likeness (QED) is 0.555. The number of morpholine rings is 1. The third-order valence-corrected chi connectivity index (χ3v) is 7.56. The van der Waals surface area contributed by atoms with Gasteiger partial charge in [-0.3, -0.25) is 4.79 Å². The van der Waals surface area contributed by atoms with Gasteiger partial charge in [-0.05, 0) is 36.5 Å². The van der Waals surface area contributed by atoms with Crippen molar-refractivity contribution in [2.75, 3.05) is 44.5 Å². The number of amides is 1. The van der Waals surface area contributed by atoms with Crippen LogP contribution in [0.25, 0.3) is 16.3 Å². The second-order valence-electron chi connectivity index (χ2n) is 8.29. The lowest BCUT2D eigenvalue weighted by atomic mass is 9.86. The number of ether oxygens (including phenoxy) is 2. The first-order chi connectivity index (χ1) is 16.1. The maximum atomic E-state index is 13.0. The molecule has 1 saturated heterocycles. The van der Waals surface area contributed by atoms with Crippen molar-refractivity contribution in [2.45, 2.75) is 19.3 Å². The van der Waals surface area contributed by atoms with Crippen molar-refractivity contribution in [3.63, 3.8) is 0 Å². The normalized spacial score (nSPS) is 18.1. The van der Waals surface area contributed by atoms with Crippen molar-refractivity contribution in [1.82, 2.24) is 14.9 Å². The van der Waals surface area contributed by atoms with E-state index in [4.69, 9.17) is 15.2 Å². The van der Waals surface area contributed by atoms with Gasteiger partial charge in [0, 0.05) is 35.6 Å². The van der Waals surface area contributed by atoms with E-state index in [0.29, 0.717) is 37.7 Å². The topological polar surface area (TPSA) is 103 Å². The minimum absolute atomic E-state index is 0.0142. The Hall–Kier alpha value is -3.17. The molecular formula is C24H27N5O3S. The number of nitrogens with one attached hydrogen (secondary N) is 1. The second-order valence-corrected chi connectivity index (χ2v) is 9.38. The van der Waals surface area contributed by atoms with Gasteiger partial charge in [0.1, 0.15) is 22.7 Å². The van der Waals surface area contributed by atoms with Gasteiger partial charge < -0.3 is 25.4 Å². The summed E-state index contributed by atoms with van der Waals surface area (Å²) in [6.07, 6.45) is 5.69. The van der Waals surface area contributed by atoms with E-state index in [-0.39, 0.29) is 11.8 Å². The van der Waals surface area contributed by atoms with Gasteiger partial charge in [-0.15, -0.1) is 11.3 Å². The molecule has 1 aliphatic heterocycles. The third kappa shape index (κ3) is 4.02. The summed E-state index contributed by atoms with van der Waals surface area (Å²) in [4.78, 5) is 26.2. The zero-order valence-corrected chi connectivity index (χ0v) is 19.4. The SMILES string of the molecule is C=Cc1cc(Nc2ncnc3sc4c(c23)CCC(C(=O)N2CCOCC2)C4)c(OC)cc1N. The molecule has 5 rings (SSSR count). The molecule has 1 unspecified atom stereocenters. The Labute approximate surface area is 196 Å². The number of fused-ring (bicyclic) bond motifs is 3. The number of nitrogens with two attached hydrogens (primary N) is 1. The molecule has 8 nitrogen and oxygen atoms in total. The monoisotopic (exact) mass is 465 g/mol. The zero-order valence-electron chi connectivity index (χ0n) is 18.6. The van der Waals surface area contributed by atoms with Crippen LogP contribution in [0.15, 0.2) is 25.0 Å². The van der Waals surface area contributed by atoms with Crippen LogP contribution in [0.5, 0.6) is 5.75 Å². The lowest BCUT2D eigenvalue weighted by molar-refractivity contribution is -0.140. The van der Waals surface area contributed by atoms with Crippen molar-refractivity contribution in [3.8, 4) is 5.75 Å². The standard InChI is InChI=1S/C24H27N5O3S/c1-3-14-10-18(19(31-2)12-17(14)25)28-22-21-16-5-4-15(24(30)29-6-8-32-9-7-29)11-20(16)33-23(21)27-13-26-22/h3,10,12-13,15H,1,4-9,11,25H2,2H3,(H,26,27,28). The summed E-state index contributed by atoms with van der Waals surface area (Å²) in [5, 5.41) is 4.45. The minimum Gasteiger partial charge on any atom is -0.494 e. The summed E-state index contributed by atoms with van der Waals surface area (Å²) in [7, 11) is 1.61. The summed E-state index contributed by atoms with van der Waals surface area (Å²) in [5.41, 5.74) is 9.51. The fourth-order valence-corrected chi connectivity index (χ4v) is 5.91. The molecule has 0 bridgehead atoms. The summed E-state index contributed by atoms with van der Waals surface area (Å²) >= 11 is 1.66. The molecule has 33 heavy (non-hydrogen) atoms. The molecule has 3 aromatic rings. The number of thiophene rings is 1. The lowest BCUT2D eigenvalue weighted by Gasteiger charge is -2.31. The fraction of sp³-hybridized carbons (Fsp3) is 0.375. The van der Waals surface area contributed by atoms with Crippen LogP contribution in [-0.4, -0.2) is 54.2 Å². The number of nitrogen functional groups attached to an aromatic ring is 1. The molecule has 3 N–H and O–H groups in total. The van der Waals surface area contributed by atoms with Gasteiger partial charge in [0.2, 0.25) is 5.91 Å². The number of aryl methyl sites for hydroxylation is 1. The Balaban J connectivity index is 1.46. The van der Waals surface area contributed by atoms with Gasteiger partial charge in [0.25, 0.3) is 0 Å². The van der Waals surface area contributed by atoms with Gasteiger partial charge in [-0.2, -0.15) is 0 Å². The van der Waals surface area contributed by atoms with Crippen LogP contribution in [-0.2, 0) is 22.4 Å². The molecular weight excluding hydrogens is 438 g/mol. The number of anilines is 3. The summed E-state index contributed by atoms with van der Waals surface area (Å²) < 4.78 is 10.9. The van der Waals surface area contributed by atoms with Gasteiger partial charge >= 0.3 is 0 Å². The van der Waals surface area contributed by atoms with Gasteiger partial charge in [0.15, 0.2) is 0 Å². The van der Waals surface area contributed by atoms with E-state index in [1.807, 2.05) is 11.0 Å². The summed E-state index contributed by atoms with van der Waals surface area (Å²) in [6, 6.07) is 3.69. The first-order valence-corrected chi connectivity index (χ1v) is 11.9. The molecule has 0 saturated carbocycles. The average molecular weight is 466 g/mol. The van der Waals surface area contributed by atoms with E-state index < -0.39 is 0 Å². The predicted octanol–water partition coefficient (Wildman–Crippen LogP) is 3.63. The molecule has 0 spiro atoms. The van der Waals surface area contributed by atoms with Crippen molar-refractivity contribution in [1.29, 1.82) is 0 Å². The van der Waals surface area contributed by atoms with Crippen molar-refractivity contribution in [3.05, 3.63) is 41.0 Å². The van der Waals surface area contributed by atoms with Crippen molar-refractivity contribution < 1.29 is 14.3 Å². The maximum Gasteiger partial charge on any atom is 0.226 e. The Morgan fingerprint density at radius 1 is 1.36 bits per heavy atom. The van der Waals surface area contributed by atoms with Crippen LogP contribution >= 0.6 is 11.3 Å². The number of hydrogen-bond donors (Lipinski definition) is 2. The van der Waals surface area contributed by atoms with Gasteiger partial charge in [0.05, 0.1) is 31.4 Å². The van der Waals surface area contributed by atoms with Crippen molar-refractivity contribution >= 4 is 50.7 Å². The molecule has 9 heteroatoms. The predicted molar refractivity (Wildman–Crippen MR) is 131 cm³/mol. The van der Waals surface area contributed by atoms with E-state index in [1.54, 1.807) is 36.9 Å². The summed E-state index contributed by atoms with van der Waals surface area (Å²) in [5.74, 6) is 1.62. The van der Waals surface area contributed by atoms with Crippen LogP contribution in [0.3, 0.4) is 0 Å². The number of methoxy groups -OCH3 is 1. The molecule has 2 aliphatic rings. The number of benzene rings is 1. The van der Waals surface area contributed by atoms with E-state index in [2.05, 4.69) is 21.9 Å². The van der Waals surface area contributed by atoms with E-state index in [0.717, 1.165) is 46.5 Å². The van der Waals surface area contributed by atoms with Gasteiger partial charge in [-0.25, -0.2) is 9.97 Å². The molecule has 3 heterocycles. The van der Waals surface area contributed by atoms with Crippen LogP contribution < -0.4 is 15.8 Å². The number of hydrogen-bond acceptors (Lipinski definition) is 8. The molecule has 1 aromatic carbocycles. The van der Waals surface area contributed by atoms with Crippen LogP contribution in [0, 0.1) is 5.92 Å². The molecule has 0 radical (unpaired) electrons. The first kappa shape index (κ1) is 21.7. The van der Waals surface area contributed by atoms with E-state index in [1.165, 1.54) is 10.4 Å². The second kappa shape index (κ2) is 8.99. The van der Waals surface area contributed by atoms with E-state index >= 15 is 0 Å². The Bertz CT molecular complexity index is 1220. The van der Waals surface area contributed by atoms with Crippen LogP contribution in [0.2, 0.25) is 0 Å². The largest absolute Gasteiger partial charge is 0.494 e. The number of rotatable bonds is 5. The highest BCUT2D eigenvalue weighted by atomic mass is 32.1. The maximum absolute atomic E-state index is 13.0. The van der Waals surface area contributed by atoms with Crippen LogP contribution in [0.1, 0.15) is 22.4 Å². The Morgan fingerprint density at radius 3 is 2.94 bits per heavy atom. The Kier molecular flexibility index (Phi) is 5.90. The highest BCUT2D eigenvalue weighted by Gasteiger charge is 2.32. The lowest BCUT2D eigenvalue weighted by Crippen LogP contribution is -2.44. The van der Waals surface area contributed by atoms with E-state index in [9.17, 15) is 4.79 Å². The fourth-order valence-electron chi connectivity index (χ4n) is 4.64. The number of carbonyl (C=O) groups excluding carboxylic acids is 1. The molecule has 1 amide bonds. The molecule has 1 fully saturated rings. The number of carbonyl (C=O) groups is 1. The molecule has 2 aromatic heterocycles. The molecule has 1 atom stereocenters. The average Bonchev–Trinajstić information content (AvgIpc) is 3.23. The van der Waals surface area contributed by atoms with Gasteiger partial charge in [-0.1, -0.05) is 12.7 Å². The van der Waals surface area contributed by atoms with Crippen molar-refractivity contribution in [2.24, 2.45) is 5.92 Å². The minimum atomic E-state index is 0.0142. The molecule has 172 valence electrons. The zero-order chi connectivity index (χ0) is 22.9.